The number of aromatic carboxylic acids is 1. The second-order valence-corrected chi connectivity index (χ2v) is 4.87. The summed E-state index contributed by atoms with van der Waals surface area (Å²) in [6, 6.07) is 5.13. The van der Waals surface area contributed by atoms with E-state index < -0.39 is 5.97 Å². The van der Waals surface area contributed by atoms with Crippen molar-refractivity contribution in [1.29, 1.82) is 0 Å². The van der Waals surface area contributed by atoms with E-state index in [1.54, 1.807) is 12.1 Å². The molecule has 5 nitrogen and oxygen atoms in total. The molecule has 0 aliphatic rings. The fourth-order valence-electron chi connectivity index (χ4n) is 2.32. The van der Waals surface area contributed by atoms with Gasteiger partial charge in [-0.3, -0.25) is 0 Å². The molecule has 0 aliphatic carbocycles. The number of aromatic nitrogens is 2. The van der Waals surface area contributed by atoms with Crippen molar-refractivity contribution < 1.29 is 15.0 Å². The van der Waals surface area contributed by atoms with E-state index in [0.717, 1.165) is 5.82 Å². The van der Waals surface area contributed by atoms with Crippen molar-refractivity contribution >= 4 is 17.0 Å². The SMILES string of the molecule is Cc1nc2cccc(C(=O)O)c2n1CC(C)CCO. The molecule has 19 heavy (non-hydrogen) atoms. The summed E-state index contributed by atoms with van der Waals surface area (Å²) in [6.45, 7) is 4.70. The Morgan fingerprint density at radius 1 is 1.47 bits per heavy atom. The number of nitrogens with zero attached hydrogens (tertiary/aromatic N) is 2. The number of carbonyl (C=O) groups is 1. The average molecular weight is 262 g/mol. The molecule has 0 saturated carbocycles. The first-order chi connectivity index (χ1) is 9.04. The predicted molar refractivity (Wildman–Crippen MR) is 72.3 cm³/mol. The molecule has 2 N–H and O–H groups in total. The lowest BCUT2D eigenvalue weighted by atomic mass is 10.1. The number of aliphatic hydroxyl groups is 1. The number of hydrogen-bond acceptors (Lipinski definition) is 3. The Bertz CT molecular complexity index is 604. The number of carboxylic acid groups (broad SMARTS) is 1. The van der Waals surface area contributed by atoms with Crippen LogP contribution in [0.15, 0.2) is 18.2 Å². The highest BCUT2D eigenvalue weighted by Gasteiger charge is 2.16. The number of fused-ring (bicyclic) bond motifs is 1. The maximum Gasteiger partial charge on any atom is 0.337 e. The summed E-state index contributed by atoms with van der Waals surface area (Å²) in [4.78, 5) is 15.7. The number of rotatable bonds is 5. The molecule has 0 radical (unpaired) electrons. The quantitative estimate of drug-likeness (QED) is 0.864. The summed E-state index contributed by atoms with van der Waals surface area (Å²) >= 11 is 0. The molecule has 0 aliphatic heterocycles. The van der Waals surface area contributed by atoms with E-state index in [-0.39, 0.29) is 18.1 Å². The molecule has 2 aromatic rings. The van der Waals surface area contributed by atoms with Crippen LogP contribution >= 0.6 is 0 Å². The Morgan fingerprint density at radius 2 is 2.21 bits per heavy atom. The Kier molecular flexibility index (Phi) is 3.85. The van der Waals surface area contributed by atoms with E-state index in [2.05, 4.69) is 4.98 Å². The van der Waals surface area contributed by atoms with Gasteiger partial charge in [0.2, 0.25) is 0 Å². The van der Waals surface area contributed by atoms with Gasteiger partial charge >= 0.3 is 5.97 Å². The van der Waals surface area contributed by atoms with Crippen LogP contribution in [0.25, 0.3) is 11.0 Å². The number of carboxylic acids is 1. The van der Waals surface area contributed by atoms with E-state index in [4.69, 9.17) is 5.11 Å². The van der Waals surface area contributed by atoms with E-state index in [1.165, 1.54) is 0 Å². The fourth-order valence-corrected chi connectivity index (χ4v) is 2.32. The van der Waals surface area contributed by atoms with Gasteiger partial charge in [0.1, 0.15) is 5.82 Å². The number of para-hydroxylation sites is 1. The second-order valence-electron chi connectivity index (χ2n) is 4.87. The van der Waals surface area contributed by atoms with Crippen molar-refractivity contribution in [1.82, 2.24) is 9.55 Å². The number of aryl methyl sites for hydroxylation is 1. The Labute approximate surface area is 111 Å². The van der Waals surface area contributed by atoms with Gasteiger partial charge in [0, 0.05) is 13.2 Å². The number of benzene rings is 1. The molecule has 0 saturated heterocycles. The molecule has 0 spiro atoms. The van der Waals surface area contributed by atoms with Gasteiger partial charge in [-0.2, -0.15) is 0 Å². The number of aliphatic hydroxyl groups excluding tert-OH is 1. The van der Waals surface area contributed by atoms with Crippen molar-refractivity contribution in [3.63, 3.8) is 0 Å². The summed E-state index contributed by atoms with van der Waals surface area (Å²) in [7, 11) is 0. The van der Waals surface area contributed by atoms with Gasteiger partial charge in [0.05, 0.1) is 16.6 Å². The van der Waals surface area contributed by atoms with Crippen molar-refractivity contribution in [3.05, 3.63) is 29.6 Å². The molecule has 1 unspecified atom stereocenters. The third kappa shape index (κ3) is 2.61. The maximum atomic E-state index is 11.3. The molecule has 1 aromatic heterocycles. The predicted octanol–water partition coefficient (Wildman–Crippen LogP) is 2.06. The van der Waals surface area contributed by atoms with E-state index in [9.17, 15) is 9.90 Å². The van der Waals surface area contributed by atoms with Crippen molar-refractivity contribution in [3.8, 4) is 0 Å². The topological polar surface area (TPSA) is 75.3 Å². The van der Waals surface area contributed by atoms with Gasteiger partial charge in [0.25, 0.3) is 0 Å². The van der Waals surface area contributed by atoms with E-state index >= 15 is 0 Å². The highest BCUT2D eigenvalue weighted by Crippen LogP contribution is 2.22. The van der Waals surface area contributed by atoms with Crippen molar-refractivity contribution in [2.24, 2.45) is 5.92 Å². The van der Waals surface area contributed by atoms with Gasteiger partial charge in [-0.25, -0.2) is 9.78 Å². The standard InChI is InChI=1S/C14H18N2O3/c1-9(6-7-17)8-16-10(2)15-12-5-3-4-11(13(12)16)14(18)19/h3-5,9,17H,6-8H2,1-2H3,(H,18,19). The van der Waals surface area contributed by atoms with Crippen molar-refractivity contribution in [2.75, 3.05) is 6.61 Å². The molecule has 102 valence electrons. The zero-order chi connectivity index (χ0) is 14.0. The van der Waals surface area contributed by atoms with Crippen LogP contribution in [0.1, 0.15) is 29.5 Å². The monoisotopic (exact) mass is 262 g/mol. The van der Waals surface area contributed by atoms with Crippen LogP contribution in [0.2, 0.25) is 0 Å². The van der Waals surface area contributed by atoms with Gasteiger partial charge in [0.15, 0.2) is 0 Å². The minimum absolute atomic E-state index is 0.138. The minimum atomic E-state index is -0.943. The summed E-state index contributed by atoms with van der Waals surface area (Å²) < 4.78 is 1.93. The second kappa shape index (κ2) is 5.40. The summed E-state index contributed by atoms with van der Waals surface area (Å²) in [5.41, 5.74) is 1.64. The van der Waals surface area contributed by atoms with Crippen LogP contribution in [0.3, 0.4) is 0 Å². The van der Waals surface area contributed by atoms with Gasteiger partial charge in [-0.15, -0.1) is 0 Å². The molecule has 0 bridgehead atoms. The first-order valence-electron chi connectivity index (χ1n) is 6.34. The van der Waals surface area contributed by atoms with Crippen LogP contribution in [-0.2, 0) is 6.54 Å². The lowest BCUT2D eigenvalue weighted by Gasteiger charge is -2.14. The number of imidazole rings is 1. The molecular weight excluding hydrogens is 244 g/mol. The first kappa shape index (κ1) is 13.5. The normalized spacial score (nSPS) is 12.8. The Hall–Kier alpha value is -1.88. The zero-order valence-electron chi connectivity index (χ0n) is 11.1. The summed E-state index contributed by atoms with van der Waals surface area (Å²) in [6.07, 6.45) is 0.689. The molecular formula is C14H18N2O3. The van der Waals surface area contributed by atoms with Crippen LogP contribution in [0, 0.1) is 12.8 Å². The highest BCUT2D eigenvalue weighted by atomic mass is 16.4. The fraction of sp³-hybridized carbons (Fsp3) is 0.429. The number of hydrogen-bond donors (Lipinski definition) is 2. The lowest BCUT2D eigenvalue weighted by molar-refractivity contribution is 0.0698. The summed E-state index contributed by atoms with van der Waals surface area (Å²) in [5.74, 6) is 0.123. The molecule has 2 rings (SSSR count). The maximum absolute atomic E-state index is 11.3. The van der Waals surface area contributed by atoms with Gasteiger partial charge in [-0.1, -0.05) is 13.0 Å². The summed E-state index contributed by atoms with van der Waals surface area (Å²) in [5, 5.41) is 18.2. The average Bonchev–Trinajstić information content (AvgIpc) is 2.66. The smallest absolute Gasteiger partial charge is 0.337 e. The first-order valence-corrected chi connectivity index (χ1v) is 6.34. The molecule has 1 heterocycles. The van der Waals surface area contributed by atoms with Crippen molar-refractivity contribution in [2.45, 2.75) is 26.8 Å². The van der Waals surface area contributed by atoms with Gasteiger partial charge in [-0.05, 0) is 31.4 Å². The largest absolute Gasteiger partial charge is 0.478 e. The van der Waals surface area contributed by atoms with Crippen LogP contribution in [-0.4, -0.2) is 32.3 Å². The third-order valence-corrected chi connectivity index (χ3v) is 3.30. The van der Waals surface area contributed by atoms with Crippen LogP contribution in [0.4, 0.5) is 0 Å². The molecule has 0 amide bonds. The Morgan fingerprint density at radius 3 is 2.84 bits per heavy atom. The van der Waals surface area contributed by atoms with Crippen LogP contribution in [0.5, 0.6) is 0 Å². The third-order valence-electron chi connectivity index (χ3n) is 3.30. The highest BCUT2D eigenvalue weighted by molar-refractivity contribution is 6.01. The Balaban J connectivity index is 2.53. The molecule has 1 atom stereocenters. The minimum Gasteiger partial charge on any atom is -0.478 e. The van der Waals surface area contributed by atoms with Crippen LogP contribution < -0.4 is 0 Å². The lowest BCUT2D eigenvalue weighted by Crippen LogP contribution is -2.12. The van der Waals surface area contributed by atoms with Gasteiger partial charge < -0.3 is 14.8 Å². The van der Waals surface area contributed by atoms with E-state index in [0.29, 0.717) is 24.0 Å². The van der Waals surface area contributed by atoms with E-state index in [1.807, 2.05) is 24.5 Å². The zero-order valence-corrected chi connectivity index (χ0v) is 11.1. The molecule has 5 heteroatoms. The molecule has 1 aromatic carbocycles. The molecule has 0 fully saturated rings.